The first kappa shape index (κ1) is 23.6. The van der Waals surface area contributed by atoms with E-state index in [1.54, 1.807) is 5.57 Å². The standard InChI is InChI=1S/C30H50O/c1-20(2)10-9-11-21(3)22-14-18-30(8)24-12-13-25-27(4,5)26(31)16-17-28(25,6)23(24)15-19-29(22,30)7/h10,13,21-24,26,31H,9,11-12,14-19H2,1-8H3/t21-,22-,23-,24+,26-,28+,29-,30+/m0/s1. The Balaban J connectivity index is 1.62. The minimum absolute atomic E-state index is 0.0583. The summed E-state index contributed by atoms with van der Waals surface area (Å²) in [4.78, 5) is 0. The zero-order valence-electron chi connectivity index (χ0n) is 21.9. The van der Waals surface area contributed by atoms with E-state index in [9.17, 15) is 5.11 Å². The predicted molar refractivity (Wildman–Crippen MR) is 133 cm³/mol. The van der Waals surface area contributed by atoms with E-state index in [4.69, 9.17) is 0 Å². The van der Waals surface area contributed by atoms with Crippen molar-refractivity contribution in [1.82, 2.24) is 0 Å². The maximum atomic E-state index is 10.8. The molecule has 0 bridgehead atoms. The summed E-state index contributed by atoms with van der Waals surface area (Å²) >= 11 is 0. The molecule has 0 aliphatic heterocycles. The molecule has 31 heavy (non-hydrogen) atoms. The van der Waals surface area contributed by atoms with Gasteiger partial charge in [-0.3, -0.25) is 0 Å². The van der Waals surface area contributed by atoms with Crippen LogP contribution in [-0.4, -0.2) is 11.2 Å². The Hall–Kier alpha value is -0.560. The number of allylic oxidation sites excluding steroid dienone is 3. The molecule has 176 valence electrons. The molecular weight excluding hydrogens is 376 g/mol. The second-order valence-corrected chi connectivity index (χ2v) is 13.6. The Labute approximate surface area is 193 Å². The normalized spacial score (nSPS) is 46.9. The van der Waals surface area contributed by atoms with Crippen molar-refractivity contribution < 1.29 is 5.11 Å². The monoisotopic (exact) mass is 426 g/mol. The molecule has 0 saturated heterocycles. The molecule has 4 aliphatic carbocycles. The van der Waals surface area contributed by atoms with Gasteiger partial charge in [0.2, 0.25) is 0 Å². The van der Waals surface area contributed by atoms with Gasteiger partial charge in [0.1, 0.15) is 0 Å². The van der Waals surface area contributed by atoms with Crippen LogP contribution in [0.25, 0.3) is 0 Å². The van der Waals surface area contributed by atoms with Crippen molar-refractivity contribution in [1.29, 1.82) is 0 Å². The number of hydrogen-bond acceptors (Lipinski definition) is 1. The van der Waals surface area contributed by atoms with Gasteiger partial charge in [-0.2, -0.15) is 0 Å². The van der Waals surface area contributed by atoms with E-state index in [-0.39, 0.29) is 11.5 Å². The fraction of sp³-hybridized carbons (Fsp3) is 0.867. The molecule has 0 aromatic carbocycles. The summed E-state index contributed by atoms with van der Waals surface area (Å²) in [5.74, 6) is 3.33. The van der Waals surface area contributed by atoms with E-state index in [0.29, 0.717) is 16.2 Å². The predicted octanol–water partition coefficient (Wildman–Crippen LogP) is 8.34. The fourth-order valence-electron chi connectivity index (χ4n) is 9.57. The van der Waals surface area contributed by atoms with Gasteiger partial charge < -0.3 is 5.11 Å². The third kappa shape index (κ3) is 3.34. The van der Waals surface area contributed by atoms with Crippen LogP contribution in [0.3, 0.4) is 0 Å². The van der Waals surface area contributed by atoms with Gasteiger partial charge in [-0.1, -0.05) is 64.8 Å². The van der Waals surface area contributed by atoms with Crippen LogP contribution in [0, 0.1) is 45.3 Å². The summed E-state index contributed by atoms with van der Waals surface area (Å²) in [7, 11) is 0. The first-order chi connectivity index (χ1) is 14.4. The van der Waals surface area contributed by atoms with Crippen molar-refractivity contribution in [2.24, 2.45) is 45.3 Å². The minimum atomic E-state index is -0.176. The quantitative estimate of drug-likeness (QED) is 0.448. The van der Waals surface area contributed by atoms with Crippen molar-refractivity contribution in [2.45, 2.75) is 119 Å². The average Bonchev–Trinajstić information content (AvgIpc) is 2.96. The van der Waals surface area contributed by atoms with Crippen LogP contribution in [0.4, 0.5) is 0 Å². The molecule has 4 aliphatic rings. The second kappa shape index (κ2) is 7.75. The molecule has 8 atom stereocenters. The summed E-state index contributed by atoms with van der Waals surface area (Å²) in [6.07, 6.45) is 16.6. The third-order valence-corrected chi connectivity index (χ3v) is 11.7. The molecule has 0 unspecified atom stereocenters. The number of hydrogen-bond donors (Lipinski definition) is 1. The molecule has 0 amide bonds. The zero-order valence-corrected chi connectivity index (χ0v) is 21.9. The number of rotatable bonds is 4. The van der Waals surface area contributed by atoms with Crippen LogP contribution in [0.15, 0.2) is 23.3 Å². The number of aliphatic hydroxyl groups is 1. The first-order valence-electron chi connectivity index (χ1n) is 13.4. The number of fused-ring (bicyclic) bond motifs is 5. The topological polar surface area (TPSA) is 20.2 Å². The molecule has 0 aromatic heterocycles. The van der Waals surface area contributed by atoms with Crippen LogP contribution in [0.2, 0.25) is 0 Å². The molecule has 0 spiro atoms. The van der Waals surface area contributed by atoms with E-state index in [1.807, 2.05) is 0 Å². The Bertz CT molecular complexity index is 754. The van der Waals surface area contributed by atoms with Gasteiger partial charge >= 0.3 is 0 Å². The van der Waals surface area contributed by atoms with E-state index in [1.165, 1.54) is 56.9 Å². The second-order valence-electron chi connectivity index (χ2n) is 13.6. The molecular formula is C30H50O. The van der Waals surface area contributed by atoms with Gasteiger partial charge in [-0.25, -0.2) is 0 Å². The zero-order chi connectivity index (χ0) is 22.8. The highest BCUT2D eigenvalue weighted by Crippen LogP contribution is 2.73. The third-order valence-electron chi connectivity index (χ3n) is 11.7. The van der Waals surface area contributed by atoms with Crippen molar-refractivity contribution in [3.05, 3.63) is 23.3 Å². The Morgan fingerprint density at radius 3 is 2.35 bits per heavy atom. The average molecular weight is 427 g/mol. The highest BCUT2D eigenvalue weighted by atomic mass is 16.3. The molecule has 1 heteroatoms. The Kier molecular flexibility index (Phi) is 5.90. The SMILES string of the molecule is CC(C)=CCC[C@H](C)[C@@H]1CC[C@]2(C)[C@@H]3CC=C4C(C)(C)[C@@H](O)CC[C@]4(C)[C@H]3CC[C@@]12C. The number of aliphatic hydroxyl groups excluding tert-OH is 1. The minimum Gasteiger partial charge on any atom is -0.392 e. The van der Waals surface area contributed by atoms with Gasteiger partial charge in [0.25, 0.3) is 0 Å². The molecule has 0 radical (unpaired) electrons. The molecule has 0 aromatic rings. The van der Waals surface area contributed by atoms with Gasteiger partial charge in [-0.05, 0) is 112 Å². The van der Waals surface area contributed by atoms with Crippen molar-refractivity contribution in [2.75, 3.05) is 0 Å². The van der Waals surface area contributed by atoms with Gasteiger partial charge in [-0.15, -0.1) is 0 Å². The van der Waals surface area contributed by atoms with Crippen molar-refractivity contribution in [3.8, 4) is 0 Å². The van der Waals surface area contributed by atoms with Gasteiger partial charge in [0, 0.05) is 5.41 Å². The fourth-order valence-corrected chi connectivity index (χ4v) is 9.57. The lowest BCUT2D eigenvalue weighted by molar-refractivity contribution is -0.124. The van der Waals surface area contributed by atoms with Crippen LogP contribution in [-0.2, 0) is 0 Å². The van der Waals surface area contributed by atoms with E-state index >= 15 is 0 Å². The first-order valence-corrected chi connectivity index (χ1v) is 13.4. The molecule has 3 fully saturated rings. The summed E-state index contributed by atoms with van der Waals surface area (Å²) in [6, 6.07) is 0. The smallest absolute Gasteiger partial charge is 0.0628 e. The lowest BCUT2D eigenvalue weighted by atomic mass is 9.40. The van der Waals surface area contributed by atoms with E-state index in [0.717, 1.165) is 30.1 Å². The van der Waals surface area contributed by atoms with Crippen LogP contribution in [0.1, 0.15) is 113 Å². The summed E-state index contributed by atoms with van der Waals surface area (Å²) in [5.41, 5.74) is 4.26. The summed E-state index contributed by atoms with van der Waals surface area (Å²) < 4.78 is 0. The van der Waals surface area contributed by atoms with Crippen LogP contribution >= 0.6 is 0 Å². The van der Waals surface area contributed by atoms with Gasteiger partial charge in [0.05, 0.1) is 6.10 Å². The lowest BCUT2D eigenvalue weighted by Gasteiger charge is -2.64. The maximum Gasteiger partial charge on any atom is 0.0628 e. The van der Waals surface area contributed by atoms with Crippen molar-refractivity contribution in [3.63, 3.8) is 0 Å². The highest BCUT2D eigenvalue weighted by molar-refractivity contribution is 5.32. The van der Waals surface area contributed by atoms with E-state index in [2.05, 4.69) is 67.5 Å². The molecule has 1 nitrogen and oxygen atoms in total. The van der Waals surface area contributed by atoms with E-state index < -0.39 is 0 Å². The van der Waals surface area contributed by atoms with Crippen LogP contribution < -0.4 is 0 Å². The Morgan fingerprint density at radius 2 is 1.68 bits per heavy atom. The van der Waals surface area contributed by atoms with Crippen molar-refractivity contribution >= 4 is 0 Å². The molecule has 1 N–H and O–H groups in total. The largest absolute Gasteiger partial charge is 0.392 e. The molecule has 3 saturated carbocycles. The van der Waals surface area contributed by atoms with Gasteiger partial charge in [0.15, 0.2) is 0 Å². The lowest BCUT2D eigenvalue weighted by Crippen LogP contribution is -2.57. The highest BCUT2D eigenvalue weighted by Gasteiger charge is 2.65. The van der Waals surface area contributed by atoms with Crippen LogP contribution in [0.5, 0.6) is 0 Å². The summed E-state index contributed by atoms with van der Waals surface area (Å²) in [6.45, 7) is 19.6. The summed E-state index contributed by atoms with van der Waals surface area (Å²) in [5, 5.41) is 10.8. The Morgan fingerprint density at radius 1 is 1.00 bits per heavy atom. The maximum absolute atomic E-state index is 10.8. The molecule has 4 rings (SSSR count). The molecule has 0 heterocycles.